The molecule has 0 N–H and O–H groups in total. The summed E-state index contributed by atoms with van der Waals surface area (Å²) in [7, 11) is 0. The van der Waals surface area contributed by atoms with E-state index in [-0.39, 0.29) is 25.2 Å². The maximum absolute atomic E-state index is 13.7. The summed E-state index contributed by atoms with van der Waals surface area (Å²) in [5.74, 6) is -1.81. The molecule has 1 aromatic heterocycles. The van der Waals surface area contributed by atoms with Crippen molar-refractivity contribution in [2.75, 3.05) is 0 Å². The normalized spacial score (nSPS) is 11.4. The van der Waals surface area contributed by atoms with Gasteiger partial charge in [-0.2, -0.15) is 0 Å². The highest BCUT2D eigenvalue weighted by molar-refractivity contribution is 5.96. The molecule has 8 heteroatoms. The van der Waals surface area contributed by atoms with Gasteiger partial charge in [0.05, 0.1) is 23.2 Å². The summed E-state index contributed by atoms with van der Waals surface area (Å²) in [6.45, 7) is 2.77. The number of pyridine rings is 1. The lowest BCUT2D eigenvalue weighted by Gasteiger charge is -2.21. The van der Waals surface area contributed by atoms with Crippen molar-refractivity contribution in [3.8, 4) is 11.5 Å². The summed E-state index contributed by atoms with van der Waals surface area (Å²) in [5.41, 5.74) is 4.23. The van der Waals surface area contributed by atoms with Crippen LogP contribution in [-0.2, 0) is 25.7 Å². The average molecular weight is 642 g/mol. The summed E-state index contributed by atoms with van der Waals surface area (Å²) in [6.07, 6.45) is 0.330. The van der Waals surface area contributed by atoms with Gasteiger partial charge in [-0.25, -0.2) is 0 Å². The van der Waals surface area contributed by atoms with Gasteiger partial charge in [-0.1, -0.05) is 91.0 Å². The van der Waals surface area contributed by atoms with Gasteiger partial charge in [0, 0.05) is 25.8 Å². The van der Waals surface area contributed by atoms with Gasteiger partial charge in [0.25, 0.3) is 0 Å². The van der Waals surface area contributed by atoms with Crippen LogP contribution in [0.15, 0.2) is 127 Å². The molecule has 1 atom stereocenters. The van der Waals surface area contributed by atoms with Crippen LogP contribution >= 0.6 is 0 Å². The Morgan fingerprint density at radius 2 is 1.12 bits per heavy atom. The molecule has 0 bridgehead atoms. The minimum Gasteiger partial charge on any atom is -0.460 e. The zero-order chi connectivity index (χ0) is 33.9. The van der Waals surface area contributed by atoms with E-state index in [1.807, 2.05) is 84.9 Å². The molecule has 48 heavy (non-hydrogen) atoms. The Labute approximate surface area is 279 Å². The maximum Gasteiger partial charge on any atom is 0.315 e. The molecule has 0 spiro atoms. The minimum absolute atomic E-state index is 0.0776. The first-order valence-electron chi connectivity index (χ1n) is 15.6. The first kappa shape index (κ1) is 33.5. The van der Waals surface area contributed by atoms with Crippen molar-refractivity contribution in [1.82, 2.24) is 4.98 Å². The molecule has 0 saturated carbocycles. The number of aromatic nitrogens is 1. The first-order valence-corrected chi connectivity index (χ1v) is 15.6. The van der Waals surface area contributed by atoms with Crippen molar-refractivity contribution >= 4 is 23.7 Å². The molecule has 242 valence electrons. The number of Topliss-reactive ketones (excluding diaryl/α,β-unsaturated/α-hetero) is 1. The van der Waals surface area contributed by atoms with E-state index < -0.39 is 29.7 Å². The van der Waals surface area contributed by atoms with Crippen LogP contribution in [-0.4, -0.2) is 28.7 Å². The van der Waals surface area contributed by atoms with E-state index >= 15 is 0 Å². The highest BCUT2D eigenvalue weighted by atomic mass is 16.5. The monoisotopic (exact) mass is 641 g/mol. The van der Waals surface area contributed by atoms with Gasteiger partial charge in [0.15, 0.2) is 5.78 Å². The summed E-state index contributed by atoms with van der Waals surface area (Å²) >= 11 is 0. The molecule has 0 amide bonds. The van der Waals surface area contributed by atoms with E-state index in [1.54, 1.807) is 42.5 Å². The summed E-state index contributed by atoms with van der Waals surface area (Å²) < 4.78 is 16.3. The first-order chi connectivity index (χ1) is 23.3. The number of benzene rings is 4. The quantitative estimate of drug-likeness (QED) is 0.0735. The van der Waals surface area contributed by atoms with Crippen LogP contribution < -0.4 is 9.47 Å². The molecular weight excluding hydrogens is 606 g/mol. The fourth-order valence-electron chi connectivity index (χ4n) is 5.41. The van der Waals surface area contributed by atoms with Gasteiger partial charge in [-0.15, -0.1) is 0 Å². The van der Waals surface area contributed by atoms with Gasteiger partial charge >= 0.3 is 17.9 Å². The van der Waals surface area contributed by atoms with Gasteiger partial charge < -0.3 is 14.2 Å². The third kappa shape index (κ3) is 9.10. The second-order valence-electron chi connectivity index (χ2n) is 11.2. The standard InChI is InChI=1S/C40H35NO7/c1-27(42)47-33-20-16-31(17-21-33)39(32-18-22-34(23-19-32)48-28(2)43)37-15-9-14-36(41-37)35(24-25-38(44)30-12-7-4-8-13-30)40(45)46-26-29-10-5-3-6-11-29/h3-23,35,39H,24-26H2,1-2H3. The molecule has 4 aromatic carbocycles. The Kier molecular flexibility index (Phi) is 11.2. The van der Waals surface area contributed by atoms with Crippen LogP contribution in [0.1, 0.15) is 77.0 Å². The Bertz CT molecular complexity index is 1790. The number of ketones is 1. The third-order valence-electron chi connectivity index (χ3n) is 7.66. The number of hydrogen-bond donors (Lipinski definition) is 0. The SMILES string of the molecule is CC(=O)Oc1ccc(C(c2ccc(OC(C)=O)cc2)c2cccc(C(CCC(=O)c3ccccc3)C(=O)OCc3ccccc3)n2)cc1. The van der Waals surface area contributed by atoms with Gasteiger partial charge in [-0.3, -0.25) is 24.2 Å². The number of hydrogen-bond acceptors (Lipinski definition) is 8. The van der Waals surface area contributed by atoms with Crippen LogP contribution in [0.25, 0.3) is 0 Å². The Balaban J connectivity index is 1.49. The topological polar surface area (TPSA) is 109 Å². The average Bonchev–Trinajstić information content (AvgIpc) is 3.09. The number of ether oxygens (including phenoxy) is 3. The Morgan fingerprint density at radius 3 is 1.67 bits per heavy atom. The molecule has 0 fully saturated rings. The number of carbonyl (C=O) groups excluding carboxylic acids is 4. The Morgan fingerprint density at radius 1 is 0.604 bits per heavy atom. The van der Waals surface area contributed by atoms with Crippen LogP contribution in [0.4, 0.5) is 0 Å². The van der Waals surface area contributed by atoms with Crippen molar-refractivity contribution in [1.29, 1.82) is 0 Å². The van der Waals surface area contributed by atoms with Crippen LogP contribution in [0.3, 0.4) is 0 Å². The molecule has 5 aromatic rings. The fraction of sp³-hybridized carbons (Fsp3) is 0.175. The number of nitrogens with zero attached hydrogens (tertiary/aromatic N) is 1. The van der Waals surface area contributed by atoms with E-state index in [0.29, 0.717) is 28.5 Å². The molecule has 0 aliphatic rings. The second kappa shape index (κ2) is 16.1. The van der Waals surface area contributed by atoms with E-state index in [9.17, 15) is 19.2 Å². The van der Waals surface area contributed by atoms with Gasteiger partial charge in [-0.05, 0) is 59.5 Å². The van der Waals surface area contributed by atoms with E-state index in [2.05, 4.69) is 0 Å². The lowest BCUT2D eigenvalue weighted by Crippen LogP contribution is -2.19. The van der Waals surface area contributed by atoms with Crippen LogP contribution in [0.2, 0.25) is 0 Å². The lowest BCUT2D eigenvalue weighted by molar-refractivity contribution is -0.147. The molecule has 1 unspecified atom stereocenters. The van der Waals surface area contributed by atoms with Gasteiger partial charge in [0.2, 0.25) is 0 Å². The van der Waals surface area contributed by atoms with Crippen molar-refractivity contribution in [2.24, 2.45) is 0 Å². The summed E-state index contributed by atoms with van der Waals surface area (Å²) in [5, 5.41) is 0. The zero-order valence-corrected chi connectivity index (χ0v) is 26.7. The predicted octanol–water partition coefficient (Wildman–Crippen LogP) is 7.60. The molecular formula is C40H35NO7. The smallest absolute Gasteiger partial charge is 0.315 e. The highest BCUT2D eigenvalue weighted by Crippen LogP contribution is 2.34. The van der Waals surface area contributed by atoms with Crippen molar-refractivity contribution < 1.29 is 33.4 Å². The molecule has 0 saturated heterocycles. The van der Waals surface area contributed by atoms with E-state index in [0.717, 1.165) is 16.7 Å². The van der Waals surface area contributed by atoms with Gasteiger partial charge in [0.1, 0.15) is 18.1 Å². The summed E-state index contributed by atoms with van der Waals surface area (Å²) in [4.78, 5) is 54.8. The van der Waals surface area contributed by atoms with Crippen molar-refractivity contribution in [3.63, 3.8) is 0 Å². The number of esters is 3. The second-order valence-corrected chi connectivity index (χ2v) is 11.2. The predicted molar refractivity (Wildman–Crippen MR) is 180 cm³/mol. The molecule has 8 nitrogen and oxygen atoms in total. The van der Waals surface area contributed by atoms with Crippen LogP contribution in [0.5, 0.6) is 11.5 Å². The maximum atomic E-state index is 13.7. The van der Waals surface area contributed by atoms with Crippen molar-refractivity contribution in [2.45, 2.75) is 45.1 Å². The molecule has 1 heterocycles. The Hall–Kier alpha value is -5.89. The molecule has 0 aliphatic carbocycles. The third-order valence-corrected chi connectivity index (χ3v) is 7.66. The minimum atomic E-state index is -0.806. The highest BCUT2D eigenvalue weighted by Gasteiger charge is 2.27. The molecule has 0 radical (unpaired) electrons. The lowest BCUT2D eigenvalue weighted by atomic mass is 9.87. The molecule has 0 aliphatic heterocycles. The molecule has 5 rings (SSSR count). The summed E-state index contributed by atoms with van der Waals surface area (Å²) in [6, 6.07) is 38.1. The van der Waals surface area contributed by atoms with E-state index in [4.69, 9.17) is 19.2 Å². The largest absolute Gasteiger partial charge is 0.460 e. The number of carbonyl (C=O) groups is 4. The fourth-order valence-corrected chi connectivity index (χ4v) is 5.41. The zero-order valence-electron chi connectivity index (χ0n) is 26.7. The van der Waals surface area contributed by atoms with Crippen LogP contribution in [0, 0.1) is 0 Å². The van der Waals surface area contributed by atoms with Crippen molar-refractivity contribution in [3.05, 3.63) is 161 Å². The van der Waals surface area contributed by atoms with E-state index in [1.165, 1.54) is 13.8 Å². The number of rotatable bonds is 13.